The number of rotatable bonds is 11. The number of esters is 2. The first-order chi connectivity index (χ1) is 23.3. The van der Waals surface area contributed by atoms with Gasteiger partial charge in [0.2, 0.25) is 11.6 Å². The highest BCUT2D eigenvalue weighted by molar-refractivity contribution is 6.22. The standard InChI is InChI=1S/C36H30N6O6/c1-4-47-35(45)30-27(21-40(37-30)24-15-9-6-10-16-24)33(43)29-23(3)42(26-19-13-8-14-20-26)39-32(29)34(44)28-22-41(25-17-11-7-12-18-25)38-31(28)36(46)48-5-2/h6-22H,4-5H2,1-3H3. The molecule has 0 aliphatic rings. The van der Waals surface area contributed by atoms with Crippen molar-refractivity contribution >= 4 is 23.5 Å². The van der Waals surface area contributed by atoms with Gasteiger partial charge in [0, 0.05) is 12.4 Å². The van der Waals surface area contributed by atoms with Crippen LogP contribution in [0.3, 0.4) is 0 Å². The quantitative estimate of drug-likeness (QED) is 0.135. The average molecular weight is 643 g/mol. The predicted octanol–water partition coefficient (Wildman–Crippen LogP) is 5.37. The smallest absolute Gasteiger partial charge is 0.359 e. The van der Waals surface area contributed by atoms with Gasteiger partial charge in [-0.15, -0.1) is 0 Å². The Morgan fingerprint density at radius 1 is 0.562 bits per heavy atom. The Hall–Kier alpha value is -6.43. The van der Waals surface area contributed by atoms with Gasteiger partial charge in [-0.05, 0) is 57.2 Å². The summed E-state index contributed by atoms with van der Waals surface area (Å²) >= 11 is 0. The Balaban J connectivity index is 1.55. The molecule has 6 rings (SSSR count). The summed E-state index contributed by atoms with van der Waals surface area (Å²) in [4.78, 5) is 55.3. The molecule has 0 spiro atoms. The van der Waals surface area contributed by atoms with E-state index in [4.69, 9.17) is 9.47 Å². The van der Waals surface area contributed by atoms with Gasteiger partial charge in [0.15, 0.2) is 11.4 Å². The molecule has 6 aromatic rings. The number of carbonyl (C=O) groups excluding carboxylic acids is 4. The maximum atomic E-state index is 14.6. The molecule has 0 amide bonds. The van der Waals surface area contributed by atoms with Crippen molar-refractivity contribution in [1.29, 1.82) is 0 Å². The monoisotopic (exact) mass is 642 g/mol. The molecule has 0 aliphatic heterocycles. The van der Waals surface area contributed by atoms with Crippen LogP contribution in [0, 0.1) is 6.92 Å². The second-order valence-electron chi connectivity index (χ2n) is 10.5. The molecule has 0 atom stereocenters. The zero-order chi connectivity index (χ0) is 33.8. The maximum Gasteiger partial charge on any atom is 0.359 e. The highest BCUT2D eigenvalue weighted by Gasteiger charge is 2.35. The molecular formula is C36H30N6O6. The van der Waals surface area contributed by atoms with Crippen LogP contribution in [0.2, 0.25) is 0 Å². The van der Waals surface area contributed by atoms with E-state index in [9.17, 15) is 19.2 Å². The fourth-order valence-corrected chi connectivity index (χ4v) is 5.22. The second kappa shape index (κ2) is 13.5. The highest BCUT2D eigenvalue weighted by Crippen LogP contribution is 2.27. The maximum absolute atomic E-state index is 14.6. The molecule has 12 nitrogen and oxygen atoms in total. The molecule has 3 heterocycles. The fraction of sp³-hybridized carbons (Fsp3) is 0.139. The summed E-state index contributed by atoms with van der Waals surface area (Å²) in [5.41, 5.74) is 1.11. The van der Waals surface area contributed by atoms with Gasteiger partial charge in [0.1, 0.15) is 5.69 Å². The molecule has 0 unspecified atom stereocenters. The van der Waals surface area contributed by atoms with Crippen LogP contribution < -0.4 is 0 Å². The Labute approximate surface area is 275 Å². The molecular weight excluding hydrogens is 612 g/mol. The average Bonchev–Trinajstić information content (AvgIpc) is 3.85. The largest absolute Gasteiger partial charge is 0.461 e. The van der Waals surface area contributed by atoms with Crippen LogP contribution in [-0.4, -0.2) is 66.1 Å². The van der Waals surface area contributed by atoms with E-state index in [0.29, 0.717) is 22.8 Å². The molecule has 0 fully saturated rings. The molecule has 3 aromatic carbocycles. The third kappa shape index (κ3) is 5.94. The van der Waals surface area contributed by atoms with Gasteiger partial charge in [-0.1, -0.05) is 54.6 Å². The highest BCUT2D eigenvalue weighted by atomic mass is 16.5. The summed E-state index contributed by atoms with van der Waals surface area (Å²) < 4.78 is 14.8. The van der Waals surface area contributed by atoms with Gasteiger partial charge in [-0.25, -0.2) is 23.6 Å². The van der Waals surface area contributed by atoms with Crippen LogP contribution in [0.1, 0.15) is 72.5 Å². The first-order valence-corrected chi connectivity index (χ1v) is 15.2. The molecule has 12 heteroatoms. The summed E-state index contributed by atoms with van der Waals surface area (Å²) in [7, 11) is 0. The molecule has 3 aromatic heterocycles. The number of ether oxygens (including phenoxy) is 2. The summed E-state index contributed by atoms with van der Waals surface area (Å²) in [5, 5.41) is 13.4. The molecule has 0 saturated heterocycles. The summed E-state index contributed by atoms with van der Waals surface area (Å²) in [6.45, 7) is 5.05. The van der Waals surface area contributed by atoms with Crippen molar-refractivity contribution in [2.45, 2.75) is 20.8 Å². The number of aromatic nitrogens is 6. The Bertz CT molecular complexity index is 2130. The van der Waals surface area contributed by atoms with Crippen LogP contribution >= 0.6 is 0 Å². The van der Waals surface area contributed by atoms with Crippen molar-refractivity contribution in [3.8, 4) is 17.1 Å². The lowest BCUT2D eigenvalue weighted by Crippen LogP contribution is -2.16. The Morgan fingerprint density at radius 3 is 1.42 bits per heavy atom. The van der Waals surface area contributed by atoms with Gasteiger partial charge in [-0.2, -0.15) is 15.3 Å². The minimum Gasteiger partial charge on any atom is -0.461 e. The topological polar surface area (TPSA) is 140 Å². The lowest BCUT2D eigenvalue weighted by molar-refractivity contribution is 0.0507. The first kappa shape index (κ1) is 31.5. The molecule has 0 saturated carbocycles. The molecule has 0 aliphatic carbocycles. The van der Waals surface area contributed by atoms with Gasteiger partial charge >= 0.3 is 11.9 Å². The van der Waals surface area contributed by atoms with E-state index in [1.807, 2.05) is 18.2 Å². The molecule has 0 radical (unpaired) electrons. The van der Waals surface area contributed by atoms with Crippen LogP contribution in [0.25, 0.3) is 17.1 Å². The van der Waals surface area contributed by atoms with E-state index in [1.165, 1.54) is 26.4 Å². The van der Waals surface area contributed by atoms with Crippen molar-refractivity contribution in [1.82, 2.24) is 29.3 Å². The lowest BCUT2D eigenvalue weighted by atomic mass is 9.97. The van der Waals surface area contributed by atoms with Gasteiger partial charge in [0.05, 0.1) is 52.7 Å². The van der Waals surface area contributed by atoms with Crippen LogP contribution in [-0.2, 0) is 9.47 Å². The van der Waals surface area contributed by atoms with Gasteiger partial charge < -0.3 is 9.47 Å². The molecule has 240 valence electrons. The SMILES string of the molecule is CCOC(=O)c1nn(-c2ccccc2)cc1C(=O)c1nn(-c2ccccc2)c(C)c1C(=O)c1cn(-c2ccccc2)nc1C(=O)OCC. The second-order valence-corrected chi connectivity index (χ2v) is 10.5. The van der Waals surface area contributed by atoms with Gasteiger partial charge in [0.25, 0.3) is 0 Å². The number of hydrogen-bond acceptors (Lipinski definition) is 9. The Morgan fingerprint density at radius 2 is 0.979 bits per heavy atom. The molecule has 48 heavy (non-hydrogen) atoms. The van der Waals surface area contributed by atoms with E-state index in [2.05, 4.69) is 15.3 Å². The van der Waals surface area contributed by atoms with Crippen LogP contribution in [0.15, 0.2) is 103 Å². The summed E-state index contributed by atoms with van der Waals surface area (Å²) in [6.07, 6.45) is 2.83. The third-order valence-corrected chi connectivity index (χ3v) is 7.46. The molecule has 0 N–H and O–H groups in total. The van der Waals surface area contributed by atoms with Crippen molar-refractivity contribution < 1.29 is 28.7 Å². The summed E-state index contributed by atoms with van der Waals surface area (Å²) in [6, 6.07) is 26.9. The van der Waals surface area contributed by atoms with E-state index in [0.717, 1.165) is 0 Å². The lowest BCUT2D eigenvalue weighted by Gasteiger charge is -2.05. The number of nitrogens with zero attached hydrogens (tertiary/aromatic N) is 6. The van der Waals surface area contributed by atoms with Crippen molar-refractivity contribution in [2.75, 3.05) is 13.2 Å². The van der Waals surface area contributed by atoms with Gasteiger partial charge in [-0.3, -0.25) is 9.59 Å². The summed E-state index contributed by atoms with van der Waals surface area (Å²) in [5.74, 6) is -3.03. The van der Waals surface area contributed by atoms with E-state index in [-0.39, 0.29) is 47.0 Å². The van der Waals surface area contributed by atoms with E-state index >= 15 is 0 Å². The third-order valence-electron chi connectivity index (χ3n) is 7.46. The molecule has 0 bridgehead atoms. The zero-order valence-electron chi connectivity index (χ0n) is 26.4. The van der Waals surface area contributed by atoms with Crippen molar-refractivity contribution in [3.63, 3.8) is 0 Å². The van der Waals surface area contributed by atoms with Crippen LogP contribution in [0.5, 0.6) is 0 Å². The number of carbonyl (C=O) groups is 4. The normalized spacial score (nSPS) is 10.9. The van der Waals surface area contributed by atoms with Crippen molar-refractivity contribution in [2.24, 2.45) is 0 Å². The first-order valence-electron chi connectivity index (χ1n) is 15.2. The van der Waals surface area contributed by atoms with Crippen LogP contribution in [0.4, 0.5) is 0 Å². The number of ketones is 2. The number of para-hydroxylation sites is 3. The number of hydrogen-bond donors (Lipinski definition) is 0. The van der Waals surface area contributed by atoms with Crippen molar-refractivity contribution in [3.05, 3.63) is 143 Å². The Kier molecular flexibility index (Phi) is 8.88. The predicted molar refractivity (Wildman–Crippen MR) is 174 cm³/mol. The van der Waals surface area contributed by atoms with E-state index in [1.54, 1.807) is 93.6 Å². The van der Waals surface area contributed by atoms with E-state index < -0.39 is 23.5 Å². The fourth-order valence-electron chi connectivity index (χ4n) is 5.22. The number of benzene rings is 3. The zero-order valence-corrected chi connectivity index (χ0v) is 26.4. The minimum atomic E-state index is -0.809. The minimum absolute atomic E-state index is 0.0537.